The van der Waals surface area contributed by atoms with Crippen LogP contribution in [0.3, 0.4) is 0 Å². The highest BCUT2D eigenvalue weighted by molar-refractivity contribution is 9.10. The summed E-state index contributed by atoms with van der Waals surface area (Å²) in [7, 11) is 0. The molecule has 1 N–H and O–H groups in total. The van der Waals surface area contributed by atoms with Crippen LogP contribution in [-0.2, 0) is 17.6 Å². The van der Waals surface area contributed by atoms with E-state index in [1.54, 1.807) is 6.92 Å². The van der Waals surface area contributed by atoms with Crippen molar-refractivity contribution in [2.24, 2.45) is 5.92 Å². The van der Waals surface area contributed by atoms with Crippen LogP contribution in [0.2, 0.25) is 0 Å². The number of aliphatic carboxylic acids is 1. The Morgan fingerprint density at radius 1 is 1.40 bits per heavy atom. The lowest BCUT2D eigenvalue weighted by atomic mass is 9.99. The molecule has 0 heterocycles. The molecule has 1 rings (SSSR count). The quantitative estimate of drug-likeness (QED) is 0.912. The maximum absolute atomic E-state index is 10.7. The average molecular weight is 271 g/mol. The number of carboxylic acid groups (broad SMARTS) is 1. The molecular formula is C12H15BrO2. The van der Waals surface area contributed by atoms with E-state index in [4.69, 9.17) is 5.11 Å². The molecule has 3 heteroatoms. The van der Waals surface area contributed by atoms with Crippen LogP contribution in [0, 0.1) is 5.92 Å². The van der Waals surface area contributed by atoms with Gasteiger partial charge in [-0.3, -0.25) is 4.79 Å². The molecule has 0 radical (unpaired) electrons. The van der Waals surface area contributed by atoms with Crippen molar-refractivity contribution in [3.05, 3.63) is 33.8 Å². The summed E-state index contributed by atoms with van der Waals surface area (Å²) in [5.74, 6) is -1.07. The van der Waals surface area contributed by atoms with E-state index in [0.717, 1.165) is 16.5 Å². The highest BCUT2D eigenvalue weighted by Crippen LogP contribution is 2.19. The van der Waals surface area contributed by atoms with E-state index in [1.807, 2.05) is 6.07 Å². The number of carboxylic acids is 1. The third-order valence-electron chi connectivity index (χ3n) is 2.39. The Kier molecular flexibility index (Phi) is 4.33. The summed E-state index contributed by atoms with van der Waals surface area (Å²) in [6.45, 7) is 3.82. The van der Waals surface area contributed by atoms with E-state index >= 15 is 0 Å². The van der Waals surface area contributed by atoms with E-state index in [2.05, 4.69) is 35.0 Å². The zero-order chi connectivity index (χ0) is 11.4. The van der Waals surface area contributed by atoms with Gasteiger partial charge in [0.15, 0.2) is 0 Å². The first-order valence-electron chi connectivity index (χ1n) is 5.04. The second kappa shape index (κ2) is 5.31. The smallest absolute Gasteiger partial charge is 0.306 e. The van der Waals surface area contributed by atoms with Gasteiger partial charge in [0.25, 0.3) is 0 Å². The molecule has 15 heavy (non-hydrogen) atoms. The van der Waals surface area contributed by atoms with Crippen molar-refractivity contribution in [2.75, 3.05) is 0 Å². The van der Waals surface area contributed by atoms with Gasteiger partial charge in [-0.05, 0) is 36.1 Å². The number of benzene rings is 1. The van der Waals surface area contributed by atoms with Crippen LogP contribution in [0.1, 0.15) is 25.0 Å². The summed E-state index contributed by atoms with van der Waals surface area (Å²) in [4.78, 5) is 10.7. The fraction of sp³-hybridized carbons (Fsp3) is 0.417. The molecule has 0 saturated carbocycles. The third-order valence-corrected chi connectivity index (χ3v) is 2.85. The van der Waals surface area contributed by atoms with Crippen molar-refractivity contribution in [3.63, 3.8) is 0 Å². The molecule has 0 aliphatic carbocycles. The van der Waals surface area contributed by atoms with Gasteiger partial charge in [-0.15, -0.1) is 0 Å². The topological polar surface area (TPSA) is 37.3 Å². The van der Waals surface area contributed by atoms with Gasteiger partial charge in [-0.1, -0.05) is 35.8 Å². The summed E-state index contributed by atoms with van der Waals surface area (Å²) < 4.78 is 1.02. The average Bonchev–Trinajstić information content (AvgIpc) is 2.16. The maximum atomic E-state index is 10.7. The molecule has 1 aromatic carbocycles. The Hall–Kier alpha value is -0.830. The van der Waals surface area contributed by atoms with Gasteiger partial charge < -0.3 is 5.11 Å². The minimum Gasteiger partial charge on any atom is -0.481 e. The van der Waals surface area contributed by atoms with Crippen molar-refractivity contribution in [3.8, 4) is 0 Å². The fourth-order valence-corrected chi connectivity index (χ4v) is 2.07. The van der Waals surface area contributed by atoms with E-state index in [1.165, 1.54) is 5.56 Å². The summed E-state index contributed by atoms with van der Waals surface area (Å²) >= 11 is 3.43. The molecule has 1 aromatic rings. The highest BCUT2D eigenvalue weighted by atomic mass is 79.9. The number of aryl methyl sites for hydroxylation is 1. The second-order valence-corrected chi connectivity index (χ2v) is 4.68. The molecule has 2 nitrogen and oxygen atoms in total. The van der Waals surface area contributed by atoms with Crippen LogP contribution in [0.5, 0.6) is 0 Å². The van der Waals surface area contributed by atoms with Crippen LogP contribution in [-0.4, -0.2) is 11.1 Å². The van der Waals surface area contributed by atoms with Crippen molar-refractivity contribution in [1.82, 2.24) is 0 Å². The molecule has 82 valence electrons. The SMILES string of the molecule is CCc1cc(Br)cc(CC(C)C(=O)O)c1. The Labute approximate surface area is 98.4 Å². The molecule has 0 spiro atoms. The van der Waals surface area contributed by atoms with Crippen LogP contribution >= 0.6 is 15.9 Å². The maximum Gasteiger partial charge on any atom is 0.306 e. The molecule has 0 aliphatic heterocycles. The lowest BCUT2D eigenvalue weighted by Gasteiger charge is -2.08. The van der Waals surface area contributed by atoms with Crippen LogP contribution in [0.4, 0.5) is 0 Å². The molecule has 1 atom stereocenters. The minimum atomic E-state index is -0.743. The second-order valence-electron chi connectivity index (χ2n) is 3.76. The normalized spacial score (nSPS) is 12.5. The molecule has 0 saturated heterocycles. The van der Waals surface area contributed by atoms with E-state index in [0.29, 0.717) is 6.42 Å². The minimum absolute atomic E-state index is 0.330. The van der Waals surface area contributed by atoms with Crippen molar-refractivity contribution < 1.29 is 9.90 Å². The number of hydrogen-bond donors (Lipinski definition) is 1. The standard InChI is InChI=1S/C12H15BrO2/c1-3-9-5-10(7-11(13)6-9)4-8(2)12(14)15/h5-8H,3-4H2,1-2H3,(H,14,15). The monoisotopic (exact) mass is 270 g/mol. The largest absolute Gasteiger partial charge is 0.481 e. The summed E-state index contributed by atoms with van der Waals surface area (Å²) in [6, 6.07) is 6.12. The zero-order valence-electron chi connectivity index (χ0n) is 8.96. The van der Waals surface area contributed by atoms with Gasteiger partial charge in [-0.2, -0.15) is 0 Å². The van der Waals surface area contributed by atoms with Crippen LogP contribution in [0.15, 0.2) is 22.7 Å². The van der Waals surface area contributed by atoms with Crippen molar-refractivity contribution in [2.45, 2.75) is 26.7 Å². The number of rotatable bonds is 4. The van der Waals surface area contributed by atoms with Crippen LogP contribution < -0.4 is 0 Å². The molecule has 1 unspecified atom stereocenters. The predicted octanol–water partition coefficient (Wildman–Crippen LogP) is 3.27. The lowest BCUT2D eigenvalue weighted by Crippen LogP contribution is -2.12. The summed E-state index contributed by atoms with van der Waals surface area (Å²) in [5, 5.41) is 8.83. The van der Waals surface area contributed by atoms with E-state index < -0.39 is 5.97 Å². The highest BCUT2D eigenvalue weighted by Gasteiger charge is 2.12. The molecule has 0 bridgehead atoms. The molecule has 0 aromatic heterocycles. The molecule has 0 amide bonds. The van der Waals surface area contributed by atoms with Gasteiger partial charge in [0.1, 0.15) is 0 Å². The van der Waals surface area contributed by atoms with Gasteiger partial charge in [0, 0.05) is 4.47 Å². The first-order valence-corrected chi connectivity index (χ1v) is 5.83. The Balaban J connectivity index is 2.85. The van der Waals surface area contributed by atoms with Crippen molar-refractivity contribution >= 4 is 21.9 Å². The number of carbonyl (C=O) groups is 1. The third kappa shape index (κ3) is 3.67. The van der Waals surface area contributed by atoms with Gasteiger partial charge in [0.2, 0.25) is 0 Å². The van der Waals surface area contributed by atoms with E-state index in [-0.39, 0.29) is 5.92 Å². The number of hydrogen-bond acceptors (Lipinski definition) is 1. The van der Waals surface area contributed by atoms with Crippen molar-refractivity contribution in [1.29, 1.82) is 0 Å². The molecular weight excluding hydrogens is 256 g/mol. The molecule has 0 fully saturated rings. The van der Waals surface area contributed by atoms with Gasteiger partial charge in [-0.25, -0.2) is 0 Å². The lowest BCUT2D eigenvalue weighted by molar-refractivity contribution is -0.141. The van der Waals surface area contributed by atoms with E-state index in [9.17, 15) is 4.79 Å². The summed E-state index contributed by atoms with van der Waals surface area (Å²) in [5.41, 5.74) is 2.31. The zero-order valence-corrected chi connectivity index (χ0v) is 10.5. The van der Waals surface area contributed by atoms with Crippen LogP contribution in [0.25, 0.3) is 0 Å². The van der Waals surface area contributed by atoms with Gasteiger partial charge in [0.05, 0.1) is 5.92 Å². The van der Waals surface area contributed by atoms with Gasteiger partial charge >= 0.3 is 5.97 Å². The number of halogens is 1. The Bertz CT molecular complexity index is 361. The summed E-state index contributed by atoms with van der Waals surface area (Å²) in [6.07, 6.45) is 1.55. The molecule has 0 aliphatic rings. The fourth-order valence-electron chi connectivity index (χ4n) is 1.48. The Morgan fingerprint density at radius 3 is 2.53 bits per heavy atom. The Morgan fingerprint density at radius 2 is 2.00 bits per heavy atom. The predicted molar refractivity (Wildman–Crippen MR) is 64.0 cm³/mol. The first-order chi connectivity index (χ1) is 7.02. The first kappa shape index (κ1) is 12.2.